The van der Waals surface area contributed by atoms with E-state index in [0.717, 1.165) is 18.8 Å². The van der Waals surface area contributed by atoms with Gasteiger partial charge in [-0.2, -0.15) is 10.2 Å². The molecule has 7 heteroatoms. The average molecular weight is 250 g/mol. The molecule has 0 bridgehead atoms. The summed E-state index contributed by atoms with van der Waals surface area (Å²) in [6, 6.07) is 1.84. The van der Waals surface area contributed by atoms with Gasteiger partial charge in [-0.25, -0.2) is 4.98 Å². The predicted octanol–water partition coefficient (Wildman–Crippen LogP) is -0.795. The number of aryl methyl sites for hydroxylation is 1. The molecule has 1 unspecified atom stereocenters. The lowest BCUT2D eigenvalue weighted by molar-refractivity contribution is 0.147. The Labute approximate surface area is 105 Å². The Bertz CT molecular complexity index is 452. The normalized spacial score (nSPS) is 12.8. The topological polar surface area (TPSA) is 80.8 Å². The summed E-state index contributed by atoms with van der Waals surface area (Å²) < 4.78 is 3.40. The molecule has 98 valence electrons. The molecule has 7 nitrogen and oxygen atoms in total. The number of nitrogens with zero attached hydrogens (tertiary/aromatic N) is 5. The van der Waals surface area contributed by atoms with Crippen LogP contribution in [0.3, 0.4) is 0 Å². The second-order valence-corrected chi connectivity index (χ2v) is 4.17. The molecule has 2 N–H and O–H groups in total. The smallest absolute Gasteiger partial charge is 0.151 e. The number of rotatable bonds is 7. The van der Waals surface area contributed by atoms with E-state index in [-0.39, 0.29) is 0 Å². The van der Waals surface area contributed by atoms with Crippen molar-refractivity contribution >= 4 is 0 Å². The molecule has 0 radical (unpaired) electrons. The second kappa shape index (κ2) is 6.27. The van der Waals surface area contributed by atoms with Crippen LogP contribution in [0.15, 0.2) is 24.8 Å². The molecule has 0 saturated carbocycles. The van der Waals surface area contributed by atoms with Gasteiger partial charge in [0.25, 0.3) is 0 Å². The molecule has 0 aliphatic heterocycles. The zero-order valence-electron chi connectivity index (χ0n) is 10.4. The standard InChI is InChI=1S/C11H18N6O/c1-16-9-13-11(15-16)3-5-12-7-10(18)8-17-6-2-4-14-17/h2,4,6,9-10,12,18H,3,5,7-8H2,1H3. The third-order valence-corrected chi connectivity index (χ3v) is 2.51. The van der Waals surface area contributed by atoms with Gasteiger partial charge in [-0.3, -0.25) is 9.36 Å². The number of hydrogen-bond donors (Lipinski definition) is 2. The van der Waals surface area contributed by atoms with Crippen LogP contribution in [-0.4, -0.2) is 48.8 Å². The molecule has 2 aromatic heterocycles. The van der Waals surface area contributed by atoms with E-state index < -0.39 is 6.10 Å². The van der Waals surface area contributed by atoms with E-state index in [0.29, 0.717) is 13.1 Å². The molecule has 2 heterocycles. The Morgan fingerprint density at radius 2 is 2.39 bits per heavy atom. The number of aliphatic hydroxyl groups excluding tert-OH is 1. The molecule has 18 heavy (non-hydrogen) atoms. The Morgan fingerprint density at radius 3 is 3.06 bits per heavy atom. The van der Waals surface area contributed by atoms with Crippen molar-refractivity contribution < 1.29 is 5.11 Å². The molecule has 0 saturated heterocycles. The van der Waals surface area contributed by atoms with Gasteiger partial charge in [-0.15, -0.1) is 0 Å². The Hall–Kier alpha value is -1.73. The van der Waals surface area contributed by atoms with Crippen LogP contribution < -0.4 is 5.32 Å². The number of aromatic nitrogens is 5. The van der Waals surface area contributed by atoms with Gasteiger partial charge in [0, 0.05) is 39.0 Å². The number of hydrogen-bond acceptors (Lipinski definition) is 5. The number of aliphatic hydroxyl groups is 1. The van der Waals surface area contributed by atoms with Crippen molar-refractivity contribution in [2.24, 2.45) is 7.05 Å². The number of nitrogens with one attached hydrogen (secondary N) is 1. The van der Waals surface area contributed by atoms with Gasteiger partial charge in [-0.1, -0.05) is 0 Å². The molecule has 2 rings (SSSR count). The summed E-state index contributed by atoms with van der Waals surface area (Å²) in [4.78, 5) is 4.13. The molecule has 1 atom stereocenters. The summed E-state index contributed by atoms with van der Waals surface area (Å²) in [5.41, 5.74) is 0. The first-order chi connectivity index (χ1) is 8.74. The highest BCUT2D eigenvalue weighted by Crippen LogP contribution is 1.91. The maximum Gasteiger partial charge on any atom is 0.151 e. The summed E-state index contributed by atoms with van der Waals surface area (Å²) in [6.07, 6.45) is 5.53. The fraction of sp³-hybridized carbons (Fsp3) is 0.545. The summed E-state index contributed by atoms with van der Waals surface area (Å²) >= 11 is 0. The Morgan fingerprint density at radius 1 is 1.50 bits per heavy atom. The Balaban J connectivity index is 1.60. The molecular weight excluding hydrogens is 232 g/mol. The molecule has 0 spiro atoms. The largest absolute Gasteiger partial charge is 0.390 e. The first kappa shape index (κ1) is 12.7. The van der Waals surface area contributed by atoms with Crippen molar-refractivity contribution in [3.63, 3.8) is 0 Å². The zero-order valence-corrected chi connectivity index (χ0v) is 10.4. The van der Waals surface area contributed by atoms with Gasteiger partial charge in [0.05, 0.1) is 12.6 Å². The minimum atomic E-state index is -0.443. The van der Waals surface area contributed by atoms with Crippen molar-refractivity contribution in [2.75, 3.05) is 13.1 Å². The lowest BCUT2D eigenvalue weighted by Crippen LogP contribution is -2.31. The van der Waals surface area contributed by atoms with Crippen molar-refractivity contribution in [1.29, 1.82) is 0 Å². The molecule has 0 aliphatic carbocycles. The van der Waals surface area contributed by atoms with E-state index in [9.17, 15) is 5.11 Å². The van der Waals surface area contributed by atoms with E-state index in [1.54, 1.807) is 21.9 Å². The summed E-state index contributed by atoms with van der Waals surface area (Å²) in [5.74, 6) is 0.812. The molecule has 0 aliphatic rings. The monoisotopic (exact) mass is 250 g/mol. The van der Waals surface area contributed by atoms with E-state index in [1.165, 1.54) is 0 Å². The summed E-state index contributed by atoms with van der Waals surface area (Å²) in [6.45, 7) is 1.79. The third kappa shape index (κ3) is 3.94. The fourth-order valence-electron chi connectivity index (χ4n) is 1.66. The van der Waals surface area contributed by atoms with Crippen LogP contribution in [0.2, 0.25) is 0 Å². The van der Waals surface area contributed by atoms with Crippen molar-refractivity contribution in [2.45, 2.75) is 19.1 Å². The Kier molecular flexibility index (Phi) is 4.43. The zero-order chi connectivity index (χ0) is 12.8. The van der Waals surface area contributed by atoms with Crippen molar-refractivity contribution in [3.8, 4) is 0 Å². The minimum absolute atomic E-state index is 0.443. The van der Waals surface area contributed by atoms with Crippen LogP contribution in [0.4, 0.5) is 0 Å². The molecule has 0 amide bonds. The lowest BCUT2D eigenvalue weighted by atomic mass is 10.3. The van der Waals surface area contributed by atoms with Crippen LogP contribution in [0.1, 0.15) is 5.82 Å². The van der Waals surface area contributed by atoms with Gasteiger partial charge in [0.1, 0.15) is 6.33 Å². The van der Waals surface area contributed by atoms with E-state index in [1.807, 2.05) is 19.3 Å². The van der Waals surface area contributed by atoms with Crippen molar-refractivity contribution in [3.05, 3.63) is 30.6 Å². The molecule has 0 fully saturated rings. The minimum Gasteiger partial charge on any atom is -0.390 e. The van der Waals surface area contributed by atoms with Gasteiger partial charge >= 0.3 is 0 Å². The highest BCUT2D eigenvalue weighted by atomic mass is 16.3. The third-order valence-electron chi connectivity index (χ3n) is 2.51. The van der Waals surface area contributed by atoms with E-state index in [4.69, 9.17) is 0 Å². The van der Waals surface area contributed by atoms with Crippen LogP contribution in [0.5, 0.6) is 0 Å². The van der Waals surface area contributed by atoms with Crippen molar-refractivity contribution in [1.82, 2.24) is 29.9 Å². The first-order valence-corrected chi connectivity index (χ1v) is 5.95. The predicted molar refractivity (Wildman–Crippen MR) is 65.8 cm³/mol. The van der Waals surface area contributed by atoms with Gasteiger partial charge < -0.3 is 10.4 Å². The van der Waals surface area contributed by atoms with Gasteiger partial charge in [0.2, 0.25) is 0 Å². The fourth-order valence-corrected chi connectivity index (χ4v) is 1.66. The van der Waals surface area contributed by atoms with Gasteiger partial charge in [0.15, 0.2) is 5.82 Å². The highest BCUT2D eigenvalue weighted by Gasteiger charge is 2.05. The van der Waals surface area contributed by atoms with E-state index >= 15 is 0 Å². The van der Waals surface area contributed by atoms with Gasteiger partial charge in [-0.05, 0) is 6.07 Å². The second-order valence-electron chi connectivity index (χ2n) is 4.17. The van der Waals surface area contributed by atoms with Crippen LogP contribution in [0, 0.1) is 0 Å². The average Bonchev–Trinajstić information content (AvgIpc) is 2.96. The SMILES string of the molecule is Cn1cnc(CCNCC(O)Cn2cccn2)n1. The van der Waals surface area contributed by atoms with E-state index in [2.05, 4.69) is 20.5 Å². The van der Waals surface area contributed by atoms with Crippen LogP contribution in [0.25, 0.3) is 0 Å². The molecule has 0 aromatic carbocycles. The molecular formula is C11H18N6O. The molecule has 2 aromatic rings. The van der Waals surface area contributed by atoms with Crippen LogP contribution in [-0.2, 0) is 20.0 Å². The summed E-state index contributed by atoms with van der Waals surface area (Å²) in [7, 11) is 1.85. The van der Waals surface area contributed by atoms with Crippen LogP contribution >= 0.6 is 0 Å². The highest BCUT2D eigenvalue weighted by molar-refractivity contribution is 4.82. The maximum absolute atomic E-state index is 9.76. The maximum atomic E-state index is 9.76. The lowest BCUT2D eigenvalue weighted by Gasteiger charge is -2.11. The quantitative estimate of drug-likeness (QED) is 0.629. The summed E-state index contributed by atoms with van der Waals surface area (Å²) in [5, 5.41) is 21.2. The first-order valence-electron chi connectivity index (χ1n) is 5.95.